The lowest BCUT2D eigenvalue weighted by Crippen LogP contribution is -2.29. The maximum atomic E-state index is 5.72. The van der Waals surface area contributed by atoms with Crippen molar-refractivity contribution in [1.82, 2.24) is 9.88 Å². The Balaban J connectivity index is 1.78. The van der Waals surface area contributed by atoms with Crippen molar-refractivity contribution < 1.29 is 4.42 Å². The molecule has 3 rings (SSSR count). The molecule has 3 heteroatoms. The van der Waals surface area contributed by atoms with E-state index in [0.717, 1.165) is 23.5 Å². The molecule has 1 aromatic carbocycles. The van der Waals surface area contributed by atoms with Crippen molar-refractivity contribution in [2.45, 2.75) is 25.8 Å². The van der Waals surface area contributed by atoms with Crippen molar-refractivity contribution in [1.29, 1.82) is 0 Å². The van der Waals surface area contributed by atoms with Gasteiger partial charge >= 0.3 is 0 Å². The minimum Gasteiger partial charge on any atom is -0.439 e. The molecular formula is C13H16N2O. The van der Waals surface area contributed by atoms with Crippen LogP contribution in [0.3, 0.4) is 0 Å². The predicted molar refractivity (Wildman–Crippen MR) is 63.1 cm³/mol. The molecule has 1 fully saturated rings. The van der Waals surface area contributed by atoms with Crippen LogP contribution in [0, 0.1) is 0 Å². The van der Waals surface area contributed by atoms with Crippen LogP contribution in [0.2, 0.25) is 0 Å². The van der Waals surface area contributed by atoms with Gasteiger partial charge in [-0.15, -0.1) is 0 Å². The lowest BCUT2D eigenvalue weighted by molar-refractivity contribution is 0.203. The Morgan fingerprint density at radius 1 is 1.12 bits per heavy atom. The molecule has 84 valence electrons. The van der Waals surface area contributed by atoms with Gasteiger partial charge in [-0.2, -0.15) is 0 Å². The lowest BCUT2D eigenvalue weighted by Gasteiger charge is -2.24. The molecule has 0 amide bonds. The Hall–Kier alpha value is -1.35. The minimum absolute atomic E-state index is 0.850. The molecule has 0 saturated carbocycles. The van der Waals surface area contributed by atoms with Crippen molar-refractivity contribution in [3.8, 4) is 0 Å². The van der Waals surface area contributed by atoms with Gasteiger partial charge in [0.05, 0.1) is 6.54 Å². The fourth-order valence-corrected chi connectivity index (χ4v) is 2.30. The number of aromatic nitrogens is 1. The van der Waals surface area contributed by atoms with Gasteiger partial charge in [-0.3, -0.25) is 4.90 Å². The standard InChI is InChI=1S/C13H16N2O/c1-4-8-15(9-5-1)10-13-14-11-6-2-3-7-12(11)16-13/h2-3,6-7H,1,4-5,8-10H2. The smallest absolute Gasteiger partial charge is 0.209 e. The van der Waals surface area contributed by atoms with Gasteiger partial charge in [0.25, 0.3) is 0 Å². The summed E-state index contributed by atoms with van der Waals surface area (Å²) in [5, 5.41) is 0. The molecule has 0 aliphatic carbocycles. The van der Waals surface area contributed by atoms with E-state index >= 15 is 0 Å². The lowest BCUT2D eigenvalue weighted by atomic mass is 10.1. The second-order valence-electron chi connectivity index (χ2n) is 4.41. The molecule has 0 bridgehead atoms. The normalized spacial score (nSPS) is 18.0. The van der Waals surface area contributed by atoms with E-state index < -0.39 is 0 Å². The molecule has 0 radical (unpaired) electrons. The summed E-state index contributed by atoms with van der Waals surface area (Å²) in [6.45, 7) is 3.21. The van der Waals surface area contributed by atoms with Gasteiger partial charge < -0.3 is 4.42 Å². The largest absolute Gasteiger partial charge is 0.439 e. The Bertz CT molecular complexity index is 438. The van der Waals surface area contributed by atoms with Crippen LogP contribution in [0.1, 0.15) is 25.2 Å². The summed E-state index contributed by atoms with van der Waals surface area (Å²) in [5.41, 5.74) is 1.86. The fraction of sp³-hybridized carbons (Fsp3) is 0.462. The first kappa shape index (κ1) is 9.85. The number of hydrogen-bond donors (Lipinski definition) is 0. The summed E-state index contributed by atoms with van der Waals surface area (Å²) in [6.07, 6.45) is 3.98. The third kappa shape index (κ3) is 1.95. The van der Waals surface area contributed by atoms with Crippen LogP contribution in [0.4, 0.5) is 0 Å². The monoisotopic (exact) mass is 216 g/mol. The number of nitrogens with zero attached hydrogens (tertiary/aromatic N) is 2. The molecule has 2 heterocycles. The maximum absolute atomic E-state index is 5.72. The number of rotatable bonds is 2. The first-order valence-electron chi connectivity index (χ1n) is 5.99. The van der Waals surface area contributed by atoms with Crippen molar-refractivity contribution in [3.05, 3.63) is 30.2 Å². The van der Waals surface area contributed by atoms with Crippen LogP contribution in [0.15, 0.2) is 28.7 Å². The molecule has 3 nitrogen and oxygen atoms in total. The molecule has 0 N–H and O–H groups in total. The van der Waals surface area contributed by atoms with E-state index in [1.807, 2.05) is 24.3 Å². The minimum atomic E-state index is 0.850. The first-order chi connectivity index (χ1) is 7.92. The summed E-state index contributed by atoms with van der Waals surface area (Å²) in [4.78, 5) is 6.92. The molecule has 0 atom stereocenters. The number of piperidine rings is 1. The van der Waals surface area contributed by atoms with Crippen LogP contribution in [-0.4, -0.2) is 23.0 Å². The Morgan fingerprint density at radius 3 is 2.75 bits per heavy atom. The van der Waals surface area contributed by atoms with Gasteiger partial charge in [0.1, 0.15) is 5.52 Å². The number of likely N-dealkylation sites (tertiary alicyclic amines) is 1. The number of hydrogen-bond acceptors (Lipinski definition) is 3. The predicted octanol–water partition coefficient (Wildman–Crippen LogP) is 2.81. The summed E-state index contributed by atoms with van der Waals surface area (Å²) >= 11 is 0. The van der Waals surface area contributed by atoms with E-state index in [1.54, 1.807) is 0 Å². The molecule has 1 aromatic heterocycles. The fourth-order valence-electron chi connectivity index (χ4n) is 2.30. The SMILES string of the molecule is c1ccc2oc(CN3CCCCC3)nc2c1. The molecule has 16 heavy (non-hydrogen) atoms. The van der Waals surface area contributed by atoms with E-state index in [0.29, 0.717) is 0 Å². The van der Waals surface area contributed by atoms with E-state index in [-0.39, 0.29) is 0 Å². The van der Waals surface area contributed by atoms with E-state index in [9.17, 15) is 0 Å². The van der Waals surface area contributed by atoms with Crippen molar-refractivity contribution in [2.24, 2.45) is 0 Å². The Morgan fingerprint density at radius 2 is 1.94 bits per heavy atom. The van der Waals surface area contributed by atoms with Gasteiger partial charge in [0, 0.05) is 0 Å². The zero-order valence-electron chi connectivity index (χ0n) is 9.35. The second-order valence-corrected chi connectivity index (χ2v) is 4.41. The number of para-hydroxylation sites is 2. The van der Waals surface area contributed by atoms with Crippen LogP contribution in [-0.2, 0) is 6.54 Å². The first-order valence-corrected chi connectivity index (χ1v) is 5.99. The summed E-state index contributed by atoms with van der Waals surface area (Å²) in [5.74, 6) is 0.850. The molecule has 1 saturated heterocycles. The zero-order chi connectivity index (χ0) is 10.8. The van der Waals surface area contributed by atoms with E-state index in [4.69, 9.17) is 4.42 Å². The Kier molecular flexibility index (Phi) is 2.62. The molecule has 2 aromatic rings. The van der Waals surface area contributed by atoms with E-state index in [2.05, 4.69) is 9.88 Å². The highest BCUT2D eigenvalue weighted by molar-refractivity contribution is 5.72. The van der Waals surface area contributed by atoms with Crippen molar-refractivity contribution >= 4 is 11.1 Å². The van der Waals surface area contributed by atoms with E-state index in [1.165, 1.54) is 32.4 Å². The third-order valence-corrected chi connectivity index (χ3v) is 3.15. The van der Waals surface area contributed by atoms with Gasteiger partial charge in [0.2, 0.25) is 5.89 Å². The maximum Gasteiger partial charge on any atom is 0.209 e. The topological polar surface area (TPSA) is 29.3 Å². The molecule has 1 aliphatic heterocycles. The quantitative estimate of drug-likeness (QED) is 0.773. The zero-order valence-corrected chi connectivity index (χ0v) is 9.35. The number of fused-ring (bicyclic) bond motifs is 1. The number of benzene rings is 1. The highest BCUT2D eigenvalue weighted by Gasteiger charge is 2.13. The van der Waals surface area contributed by atoms with Crippen LogP contribution >= 0.6 is 0 Å². The summed E-state index contributed by atoms with van der Waals surface area (Å²) in [7, 11) is 0. The highest BCUT2D eigenvalue weighted by atomic mass is 16.3. The summed E-state index contributed by atoms with van der Waals surface area (Å²) < 4.78 is 5.72. The molecule has 0 spiro atoms. The Labute approximate surface area is 95.1 Å². The summed E-state index contributed by atoms with van der Waals surface area (Å²) in [6, 6.07) is 7.95. The average molecular weight is 216 g/mol. The molecular weight excluding hydrogens is 200 g/mol. The van der Waals surface area contributed by atoms with Crippen LogP contribution in [0.5, 0.6) is 0 Å². The van der Waals surface area contributed by atoms with Crippen molar-refractivity contribution in [2.75, 3.05) is 13.1 Å². The van der Waals surface area contributed by atoms with Gasteiger partial charge in [-0.1, -0.05) is 18.6 Å². The van der Waals surface area contributed by atoms with Crippen LogP contribution in [0.25, 0.3) is 11.1 Å². The number of oxazole rings is 1. The van der Waals surface area contributed by atoms with Crippen molar-refractivity contribution in [3.63, 3.8) is 0 Å². The van der Waals surface area contributed by atoms with Gasteiger partial charge in [-0.05, 0) is 38.1 Å². The highest BCUT2D eigenvalue weighted by Crippen LogP contribution is 2.17. The van der Waals surface area contributed by atoms with Gasteiger partial charge in [-0.25, -0.2) is 4.98 Å². The second kappa shape index (κ2) is 4.26. The average Bonchev–Trinajstić information content (AvgIpc) is 2.72. The molecule has 0 unspecified atom stereocenters. The molecule has 1 aliphatic rings. The van der Waals surface area contributed by atoms with Crippen LogP contribution < -0.4 is 0 Å². The van der Waals surface area contributed by atoms with Gasteiger partial charge in [0.15, 0.2) is 5.58 Å². The third-order valence-electron chi connectivity index (χ3n) is 3.15.